The van der Waals surface area contributed by atoms with Gasteiger partial charge in [0.05, 0.1) is 30.0 Å². The molecule has 1 unspecified atom stereocenters. The van der Waals surface area contributed by atoms with Crippen molar-refractivity contribution >= 4 is 23.2 Å². The van der Waals surface area contributed by atoms with Crippen LogP contribution < -0.4 is 10.2 Å². The molecule has 1 amide bonds. The summed E-state index contributed by atoms with van der Waals surface area (Å²) in [6.07, 6.45) is 10.7. The highest BCUT2D eigenvalue weighted by Crippen LogP contribution is 2.23. The predicted octanol–water partition coefficient (Wildman–Crippen LogP) is 2.06. The van der Waals surface area contributed by atoms with Crippen LogP contribution in [0.5, 0.6) is 0 Å². The third-order valence-electron chi connectivity index (χ3n) is 5.98. The van der Waals surface area contributed by atoms with Gasteiger partial charge >= 0.3 is 0 Å². The molecule has 3 aromatic heterocycles. The first kappa shape index (κ1) is 18.9. The van der Waals surface area contributed by atoms with Crippen LogP contribution in [-0.2, 0) is 0 Å². The standard InChI is InChI=1S/C21H26N8O/c1-14-11-29-13-18(25-15(2)20(29)24-14)26-21(30)17-9-23-19(10-22-17)28-8-5-16(12-28)27-6-3-4-7-27/h9-11,13,16H,3-8,12H2,1-2H3,(H,26,30). The third kappa shape index (κ3) is 3.60. The Morgan fingerprint density at radius 2 is 1.90 bits per heavy atom. The van der Waals surface area contributed by atoms with Crippen LogP contribution in [0.25, 0.3) is 5.65 Å². The van der Waals surface area contributed by atoms with Gasteiger partial charge in [0.2, 0.25) is 0 Å². The van der Waals surface area contributed by atoms with Crippen LogP contribution in [0.1, 0.15) is 41.1 Å². The SMILES string of the molecule is Cc1cn2cc(NC(=O)c3cnc(N4CCC(N5CCCC5)C4)cn3)nc(C)c2n1. The highest BCUT2D eigenvalue weighted by atomic mass is 16.2. The Morgan fingerprint density at radius 1 is 1.07 bits per heavy atom. The van der Waals surface area contributed by atoms with Gasteiger partial charge in [-0.15, -0.1) is 0 Å². The number of nitrogens with zero attached hydrogens (tertiary/aromatic N) is 7. The van der Waals surface area contributed by atoms with E-state index in [1.807, 2.05) is 24.4 Å². The molecule has 0 saturated carbocycles. The van der Waals surface area contributed by atoms with Crippen molar-refractivity contribution in [2.24, 2.45) is 0 Å². The van der Waals surface area contributed by atoms with Gasteiger partial charge in [0.1, 0.15) is 17.3 Å². The number of rotatable bonds is 4. The van der Waals surface area contributed by atoms with E-state index in [2.05, 4.69) is 35.1 Å². The Hall–Kier alpha value is -3.07. The van der Waals surface area contributed by atoms with E-state index in [1.165, 1.54) is 25.9 Å². The van der Waals surface area contributed by atoms with Gasteiger partial charge in [0.15, 0.2) is 5.65 Å². The number of carbonyl (C=O) groups is 1. The number of hydrogen-bond donors (Lipinski definition) is 1. The van der Waals surface area contributed by atoms with E-state index in [-0.39, 0.29) is 11.6 Å². The molecule has 0 aliphatic carbocycles. The lowest BCUT2D eigenvalue weighted by atomic mass is 10.2. The molecule has 0 aromatic carbocycles. The molecule has 156 valence electrons. The summed E-state index contributed by atoms with van der Waals surface area (Å²) in [5, 5.41) is 2.81. The second-order valence-electron chi connectivity index (χ2n) is 8.17. The zero-order chi connectivity index (χ0) is 20.7. The molecular weight excluding hydrogens is 380 g/mol. The fourth-order valence-electron chi connectivity index (χ4n) is 4.47. The summed E-state index contributed by atoms with van der Waals surface area (Å²) in [4.78, 5) is 35.2. The first-order valence-corrected chi connectivity index (χ1v) is 10.5. The van der Waals surface area contributed by atoms with Crippen LogP contribution in [0.4, 0.5) is 11.6 Å². The summed E-state index contributed by atoms with van der Waals surface area (Å²) >= 11 is 0. The van der Waals surface area contributed by atoms with E-state index in [0.717, 1.165) is 42.4 Å². The second kappa shape index (κ2) is 7.64. The van der Waals surface area contributed by atoms with E-state index < -0.39 is 0 Å². The molecule has 0 spiro atoms. The van der Waals surface area contributed by atoms with Crippen molar-refractivity contribution in [3.05, 3.63) is 41.9 Å². The number of carbonyl (C=O) groups excluding carboxylic acids is 1. The van der Waals surface area contributed by atoms with Crippen molar-refractivity contribution in [3.63, 3.8) is 0 Å². The monoisotopic (exact) mass is 406 g/mol. The molecule has 3 aromatic rings. The molecule has 1 atom stereocenters. The molecule has 0 radical (unpaired) electrons. The maximum atomic E-state index is 12.6. The minimum Gasteiger partial charge on any atom is -0.354 e. The van der Waals surface area contributed by atoms with Crippen molar-refractivity contribution in [1.29, 1.82) is 0 Å². The molecular formula is C21H26N8O. The molecule has 1 N–H and O–H groups in total. The highest BCUT2D eigenvalue weighted by molar-refractivity contribution is 6.02. The lowest BCUT2D eigenvalue weighted by Crippen LogP contribution is -2.35. The first-order valence-electron chi connectivity index (χ1n) is 10.5. The van der Waals surface area contributed by atoms with Crippen molar-refractivity contribution < 1.29 is 4.79 Å². The van der Waals surface area contributed by atoms with Gasteiger partial charge < -0.3 is 14.6 Å². The lowest BCUT2D eigenvalue weighted by Gasteiger charge is -2.23. The van der Waals surface area contributed by atoms with E-state index in [1.54, 1.807) is 18.6 Å². The zero-order valence-electron chi connectivity index (χ0n) is 17.4. The van der Waals surface area contributed by atoms with Gasteiger partial charge in [-0.1, -0.05) is 0 Å². The summed E-state index contributed by atoms with van der Waals surface area (Å²) < 4.78 is 1.87. The van der Waals surface area contributed by atoms with Crippen molar-refractivity contribution in [3.8, 4) is 0 Å². The molecule has 2 aliphatic heterocycles. The van der Waals surface area contributed by atoms with Crippen LogP contribution >= 0.6 is 0 Å². The van der Waals surface area contributed by atoms with Gasteiger partial charge in [-0.2, -0.15) is 0 Å². The molecule has 9 nitrogen and oxygen atoms in total. The highest BCUT2D eigenvalue weighted by Gasteiger charge is 2.30. The largest absolute Gasteiger partial charge is 0.354 e. The number of fused-ring (bicyclic) bond motifs is 1. The third-order valence-corrected chi connectivity index (χ3v) is 5.98. The van der Waals surface area contributed by atoms with Gasteiger partial charge in [-0.25, -0.2) is 19.9 Å². The number of aromatic nitrogens is 5. The van der Waals surface area contributed by atoms with Crippen LogP contribution in [0.15, 0.2) is 24.8 Å². The van der Waals surface area contributed by atoms with E-state index in [0.29, 0.717) is 11.9 Å². The number of hydrogen-bond acceptors (Lipinski definition) is 7. The molecule has 2 fully saturated rings. The maximum absolute atomic E-state index is 12.6. The van der Waals surface area contributed by atoms with Crippen molar-refractivity contribution in [2.45, 2.75) is 39.2 Å². The average Bonchev–Trinajstić information content (AvgIpc) is 3.48. The summed E-state index contributed by atoms with van der Waals surface area (Å²) in [6.45, 7) is 8.18. The quantitative estimate of drug-likeness (QED) is 0.709. The summed E-state index contributed by atoms with van der Waals surface area (Å²) in [7, 11) is 0. The average molecular weight is 406 g/mol. The Morgan fingerprint density at radius 3 is 2.67 bits per heavy atom. The molecule has 2 aliphatic rings. The van der Waals surface area contributed by atoms with Crippen molar-refractivity contribution in [1.82, 2.24) is 29.2 Å². The molecule has 0 bridgehead atoms. The molecule has 9 heteroatoms. The minimum atomic E-state index is -0.325. The zero-order valence-corrected chi connectivity index (χ0v) is 17.4. The Labute approximate surface area is 175 Å². The Bertz CT molecular complexity index is 1070. The van der Waals surface area contributed by atoms with Crippen LogP contribution in [0, 0.1) is 13.8 Å². The summed E-state index contributed by atoms with van der Waals surface area (Å²) in [5.74, 6) is 0.965. The van der Waals surface area contributed by atoms with Gasteiger partial charge in [-0.05, 0) is 46.2 Å². The van der Waals surface area contributed by atoms with Gasteiger partial charge in [0, 0.05) is 25.3 Å². The number of aryl methyl sites for hydroxylation is 2. The van der Waals surface area contributed by atoms with E-state index in [4.69, 9.17) is 0 Å². The number of likely N-dealkylation sites (tertiary alicyclic amines) is 1. The molecule has 30 heavy (non-hydrogen) atoms. The number of anilines is 2. The van der Waals surface area contributed by atoms with Crippen LogP contribution in [0.3, 0.4) is 0 Å². The van der Waals surface area contributed by atoms with Crippen LogP contribution in [-0.4, -0.2) is 67.4 Å². The summed E-state index contributed by atoms with van der Waals surface area (Å²) in [6, 6.07) is 0.605. The van der Waals surface area contributed by atoms with E-state index in [9.17, 15) is 4.79 Å². The molecule has 5 heterocycles. The van der Waals surface area contributed by atoms with Gasteiger partial charge in [-0.3, -0.25) is 9.69 Å². The van der Waals surface area contributed by atoms with E-state index >= 15 is 0 Å². The predicted molar refractivity (Wildman–Crippen MR) is 114 cm³/mol. The first-order chi connectivity index (χ1) is 14.6. The number of amides is 1. The maximum Gasteiger partial charge on any atom is 0.277 e. The molecule has 2 saturated heterocycles. The number of nitrogens with one attached hydrogen (secondary N) is 1. The summed E-state index contributed by atoms with van der Waals surface area (Å²) in [5.41, 5.74) is 2.71. The minimum absolute atomic E-state index is 0.274. The van der Waals surface area contributed by atoms with Crippen molar-refractivity contribution in [2.75, 3.05) is 36.4 Å². The second-order valence-corrected chi connectivity index (χ2v) is 8.17. The topological polar surface area (TPSA) is 91.6 Å². The fourth-order valence-corrected chi connectivity index (χ4v) is 4.47. The fraction of sp³-hybridized carbons (Fsp3) is 0.476. The Balaban J connectivity index is 1.26. The normalized spacial score (nSPS) is 19.7. The Kier molecular flexibility index (Phi) is 4.82. The smallest absolute Gasteiger partial charge is 0.277 e. The van der Waals surface area contributed by atoms with Crippen LogP contribution in [0.2, 0.25) is 0 Å². The number of imidazole rings is 1. The lowest BCUT2D eigenvalue weighted by molar-refractivity contribution is 0.102. The molecule has 5 rings (SSSR count). The van der Waals surface area contributed by atoms with Gasteiger partial charge in [0.25, 0.3) is 5.91 Å².